The monoisotopic (exact) mass is 459 g/mol. The Morgan fingerprint density at radius 3 is 2.21 bits per heavy atom. The molecule has 1 fully saturated rings. The number of benzene rings is 3. The van der Waals surface area contributed by atoms with E-state index in [4.69, 9.17) is 0 Å². The summed E-state index contributed by atoms with van der Waals surface area (Å²) in [6.07, 6.45) is 0. The molecule has 1 heterocycles. The number of carbonyl (C=O) groups is 2. The van der Waals surface area contributed by atoms with Gasteiger partial charge in [-0.05, 0) is 60.9 Å². The first-order chi connectivity index (χ1) is 16.0. The predicted octanol–water partition coefficient (Wildman–Crippen LogP) is 5.36. The van der Waals surface area contributed by atoms with Crippen LogP contribution in [0.25, 0.3) is 0 Å². The van der Waals surface area contributed by atoms with Crippen molar-refractivity contribution in [1.82, 2.24) is 4.90 Å². The van der Waals surface area contributed by atoms with Gasteiger partial charge in [-0.15, -0.1) is 0 Å². The Balaban J connectivity index is 1.43. The number of carbonyl (C=O) groups excluding carboxylic acids is 2. The van der Waals surface area contributed by atoms with Crippen LogP contribution in [0.3, 0.4) is 0 Å². The second-order valence-electron chi connectivity index (χ2n) is 8.34. The maximum absolute atomic E-state index is 13.0. The number of anilines is 2. The zero-order valence-electron chi connectivity index (χ0n) is 19.1. The molecule has 2 amide bonds. The van der Waals surface area contributed by atoms with E-state index in [1.807, 2.05) is 55.9 Å². The van der Waals surface area contributed by atoms with E-state index >= 15 is 0 Å². The van der Waals surface area contributed by atoms with Gasteiger partial charge >= 0.3 is 0 Å². The molecule has 3 aromatic rings. The van der Waals surface area contributed by atoms with E-state index in [0.717, 1.165) is 36.4 Å². The zero-order valence-corrected chi connectivity index (χ0v) is 19.9. The van der Waals surface area contributed by atoms with E-state index in [1.165, 1.54) is 17.1 Å². The molecule has 0 atom stereocenters. The summed E-state index contributed by atoms with van der Waals surface area (Å²) in [5.41, 5.74) is 5.70. The van der Waals surface area contributed by atoms with Crippen molar-refractivity contribution in [2.45, 2.75) is 20.4 Å². The highest BCUT2D eigenvalue weighted by Crippen LogP contribution is 2.22. The zero-order chi connectivity index (χ0) is 23.2. The van der Waals surface area contributed by atoms with Crippen molar-refractivity contribution in [3.8, 4) is 0 Å². The minimum Gasteiger partial charge on any atom is -0.322 e. The molecule has 170 valence electrons. The minimum atomic E-state index is -0.200. The standard InChI is InChI=1S/C27H29N3O2S/c1-19-8-10-23(17-25(19)29-26(31)22-6-4-3-5-7-22)27(32)28-24-11-9-21(16-20(24)2)18-30-12-14-33-15-13-30/h3-11,16-17H,12-15,18H2,1-2H3,(H,28,32)(H,29,31). The van der Waals surface area contributed by atoms with Gasteiger partial charge in [0.15, 0.2) is 0 Å². The van der Waals surface area contributed by atoms with Crippen molar-refractivity contribution in [1.29, 1.82) is 0 Å². The van der Waals surface area contributed by atoms with Crippen molar-refractivity contribution in [2.24, 2.45) is 0 Å². The number of rotatable bonds is 6. The molecule has 0 unspecified atom stereocenters. The van der Waals surface area contributed by atoms with Gasteiger partial charge in [-0.2, -0.15) is 11.8 Å². The van der Waals surface area contributed by atoms with E-state index in [0.29, 0.717) is 16.8 Å². The van der Waals surface area contributed by atoms with Gasteiger partial charge in [-0.1, -0.05) is 36.4 Å². The molecule has 1 saturated heterocycles. The lowest BCUT2D eigenvalue weighted by atomic mass is 10.1. The van der Waals surface area contributed by atoms with Crippen LogP contribution in [-0.4, -0.2) is 41.3 Å². The van der Waals surface area contributed by atoms with Crippen LogP contribution in [0, 0.1) is 13.8 Å². The fraction of sp³-hybridized carbons (Fsp3) is 0.259. The minimum absolute atomic E-state index is 0.199. The quantitative estimate of drug-likeness (QED) is 0.521. The van der Waals surface area contributed by atoms with Gasteiger partial charge < -0.3 is 10.6 Å². The summed E-state index contributed by atoms with van der Waals surface area (Å²) in [5, 5.41) is 5.94. The topological polar surface area (TPSA) is 61.4 Å². The first kappa shape index (κ1) is 23.1. The molecule has 1 aliphatic rings. The van der Waals surface area contributed by atoms with Crippen LogP contribution in [-0.2, 0) is 6.54 Å². The van der Waals surface area contributed by atoms with Gasteiger partial charge in [0.2, 0.25) is 0 Å². The maximum atomic E-state index is 13.0. The Bertz CT molecular complexity index is 1140. The molecule has 5 nitrogen and oxygen atoms in total. The summed E-state index contributed by atoms with van der Waals surface area (Å²) < 4.78 is 0. The SMILES string of the molecule is Cc1cc(CN2CCSCC2)ccc1NC(=O)c1ccc(C)c(NC(=O)c2ccccc2)c1. The van der Waals surface area contributed by atoms with Crippen LogP contribution in [0.2, 0.25) is 0 Å². The van der Waals surface area contributed by atoms with Crippen molar-refractivity contribution in [3.63, 3.8) is 0 Å². The predicted molar refractivity (Wildman–Crippen MR) is 137 cm³/mol. The summed E-state index contributed by atoms with van der Waals surface area (Å²) in [4.78, 5) is 28.0. The summed E-state index contributed by atoms with van der Waals surface area (Å²) in [6.45, 7) is 7.12. The van der Waals surface area contributed by atoms with Crippen LogP contribution < -0.4 is 10.6 Å². The number of nitrogens with one attached hydrogen (secondary N) is 2. The third-order valence-corrected chi connectivity index (χ3v) is 6.78. The third-order valence-electron chi connectivity index (χ3n) is 5.83. The van der Waals surface area contributed by atoms with Gasteiger partial charge in [-0.25, -0.2) is 0 Å². The van der Waals surface area contributed by atoms with E-state index in [-0.39, 0.29) is 11.8 Å². The van der Waals surface area contributed by atoms with Crippen LogP contribution in [0.5, 0.6) is 0 Å². The normalized spacial score (nSPS) is 14.0. The first-order valence-corrected chi connectivity index (χ1v) is 12.3. The molecular weight excluding hydrogens is 430 g/mol. The summed E-state index contributed by atoms with van der Waals surface area (Å²) >= 11 is 2.01. The molecule has 0 spiro atoms. The molecule has 0 radical (unpaired) electrons. The van der Waals surface area contributed by atoms with Gasteiger partial charge in [0.25, 0.3) is 11.8 Å². The second kappa shape index (κ2) is 10.7. The molecule has 2 N–H and O–H groups in total. The van der Waals surface area contributed by atoms with Crippen LogP contribution in [0.4, 0.5) is 11.4 Å². The van der Waals surface area contributed by atoms with Crippen LogP contribution >= 0.6 is 11.8 Å². The highest BCUT2D eigenvalue weighted by molar-refractivity contribution is 7.99. The molecule has 6 heteroatoms. The number of thioether (sulfide) groups is 1. The molecule has 0 saturated carbocycles. The summed E-state index contributed by atoms with van der Waals surface area (Å²) in [6, 6.07) is 20.6. The molecule has 1 aliphatic heterocycles. The molecule has 4 rings (SSSR count). The van der Waals surface area contributed by atoms with E-state index in [9.17, 15) is 9.59 Å². The second-order valence-corrected chi connectivity index (χ2v) is 9.57. The van der Waals surface area contributed by atoms with Gasteiger partial charge in [0, 0.05) is 53.6 Å². The fourth-order valence-corrected chi connectivity index (χ4v) is 4.84. The van der Waals surface area contributed by atoms with Crippen molar-refractivity contribution in [2.75, 3.05) is 35.2 Å². The average Bonchev–Trinajstić information content (AvgIpc) is 2.83. The Morgan fingerprint density at radius 1 is 0.788 bits per heavy atom. The summed E-state index contributed by atoms with van der Waals surface area (Å²) in [5.74, 6) is 1.98. The molecule has 0 aliphatic carbocycles. The third kappa shape index (κ3) is 6.03. The van der Waals surface area contributed by atoms with Gasteiger partial charge in [0.05, 0.1) is 0 Å². The Morgan fingerprint density at radius 2 is 1.48 bits per heavy atom. The maximum Gasteiger partial charge on any atom is 0.255 e. The van der Waals surface area contributed by atoms with E-state index < -0.39 is 0 Å². The fourth-order valence-electron chi connectivity index (χ4n) is 3.86. The molecule has 33 heavy (non-hydrogen) atoms. The number of hydrogen-bond donors (Lipinski definition) is 2. The molecule has 0 bridgehead atoms. The first-order valence-electron chi connectivity index (χ1n) is 11.2. The van der Waals surface area contributed by atoms with Gasteiger partial charge in [-0.3, -0.25) is 14.5 Å². The molecule has 0 aromatic heterocycles. The number of hydrogen-bond acceptors (Lipinski definition) is 4. The van der Waals surface area contributed by atoms with E-state index in [1.54, 1.807) is 24.3 Å². The lowest BCUT2D eigenvalue weighted by molar-refractivity contribution is 0.101. The van der Waals surface area contributed by atoms with Crippen LogP contribution in [0.1, 0.15) is 37.4 Å². The Labute approximate surface area is 199 Å². The molecular formula is C27H29N3O2S. The smallest absolute Gasteiger partial charge is 0.255 e. The van der Waals surface area contributed by atoms with Crippen molar-refractivity contribution >= 4 is 35.0 Å². The number of aryl methyl sites for hydroxylation is 2. The lowest BCUT2D eigenvalue weighted by Gasteiger charge is -2.26. The van der Waals surface area contributed by atoms with E-state index in [2.05, 4.69) is 27.7 Å². The number of amides is 2. The largest absolute Gasteiger partial charge is 0.322 e. The lowest BCUT2D eigenvalue weighted by Crippen LogP contribution is -2.31. The van der Waals surface area contributed by atoms with Crippen molar-refractivity contribution < 1.29 is 9.59 Å². The highest BCUT2D eigenvalue weighted by atomic mass is 32.2. The molecule has 3 aromatic carbocycles. The van der Waals surface area contributed by atoms with Gasteiger partial charge in [0.1, 0.15) is 0 Å². The highest BCUT2D eigenvalue weighted by Gasteiger charge is 2.14. The average molecular weight is 460 g/mol. The Kier molecular flexibility index (Phi) is 7.47. The van der Waals surface area contributed by atoms with Crippen LogP contribution in [0.15, 0.2) is 66.7 Å². The van der Waals surface area contributed by atoms with Crippen molar-refractivity contribution in [3.05, 3.63) is 94.5 Å². The number of nitrogens with zero attached hydrogens (tertiary/aromatic N) is 1. The summed E-state index contributed by atoms with van der Waals surface area (Å²) in [7, 11) is 0. The Hall–Kier alpha value is -3.09.